The normalized spacial score (nSPS) is 14.2. The summed E-state index contributed by atoms with van der Waals surface area (Å²) in [4.78, 5) is 11.4. The molecule has 0 atom stereocenters. The predicted octanol–water partition coefficient (Wildman–Crippen LogP) is 4.22. The van der Waals surface area contributed by atoms with Crippen molar-refractivity contribution in [1.29, 1.82) is 0 Å². The quantitative estimate of drug-likeness (QED) is 0.407. The number of morpholine rings is 1. The second-order valence-electron chi connectivity index (χ2n) is 7.15. The number of benzene rings is 1. The molecule has 31 heavy (non-hydrogen) atoms. The van der Waals surface area contributed by atoms with E-state index in [-0.39, 0.29) is 0 Å². The standard InChI is InChI=1S/C22H22N6OS2/c1-16-6-2-3-8-19(16)28-21(27-10-12-29-13-11-27)25-26-22(28)31-15-17-14-30-20(24-17)18-7-4-5-9-23-18/h2-9,14H,10-13,15H2,1H3. The molecule has 4 heterocycles. The van der Waals surface area contributed by atoms with Crippen LogP contribution >= 0.6 is 23.1 Å². The van der Waals surface area contributed by atoms with Crippen LogP contribution in [0.5, 0.6) is 0 Å². The van der Waals surface area contributed by atoms with Gasteiger partial charge in [0.1, 0.15) is 5.01 Å². The van der Waals surface area contributed by atoms with E-state index < -0.39 is 0 Å². The third kappa shape index (κ3) is 4.34. The second kappa shape index (κ2) is 9.17. The van der Waals surface area contributed by atoms with E-state index in [9.17, 15) is 0 Å². The summed E-state index contributed by atoms with van der Waals surface area (Å²) in [6.07, 6.45) is 1.79. The number of anilines is 1. The maximum Gasteiger partial charge on any atom is 0.232 e. The molecule has 4 aromatic rings. The van der Waals surface area contributed by atoms with Crippen molar-refractivity contribution < 1.29 is 4.74 Å². The van der Waals surface area contributed by atoms with Gasteiger partial charge in [-0.25, -0.2) is 4.98 Å². The third-order valence-electron chi connectivity index (χ3n) is 5.05. The molecule has 1 fully saturated rings. The van der Waals surface area contributed by atoms with Gasteiger partial charge in [0.25, 0.3) is 0 Å². The Hall–Kier alpha value is -2.75. The Morgan fingerprint density at radius 2 is 1.90 bits per heavy atom. The molecule has 0 aliphatic carbocycles. The number of hydrogen-bond donors (Lipinski definition) is 0. The summed E-state index contributed by atoms with van der Waals surface area (Å²) in [5.74, 6) is 1.59. The van der Waals surface area contributed by atoms with Crippen molar-refractivity contribution in [1.82, 2.24) is 24.7 Å². The Labute approximate surface area is 189 Å². The Morgan fingerprint density at radius 1 is 1.06 bits per heavy atom. The first-order valence-corrected chi connectivity index (χ1v) is 12.0. The summed E-state index contributed by atoms with van der Waals surface area (Å²) in [7, 11) is 0. The van der Waals surface area contributed by atoms with E-state index >= 15 is 0 Å². The van der Waals surface area contributed by atoms with Crippen molar-refractivity contribution in [3.63, 3.8) is 0 Å². The highest BCUT2D eigenvalue weighted by Gasteiger charge is 2.22. The number of nitrogens with zero attached hydrogens (tertiary/aromatic N) is 6. The van der Waals surface area contributed by atoms with Crippen LogP contribution in [0, 0.1) is 6.92 Å². The van der Waals surface area contributed by atoms with Crippen LogP contribution < -0.4 is 4.90 Å². The smallest absolute Gasteiger partial charge is 0.232 e. The first-order valence-electron chi connectivity index (χ1n) is 10.1. The minimum absolute atomic E-state index is 0.707. The van der Waals surface area contributed by atoms with Crippen molar-refractivity contribution >= 4 is 29.0 Å². The summed E-state index contributed by atoms with van der Waals surface area (Å²) >= 11 is 3.27. The van der Waals surface area contributed by atoms with Gasteiger partial charge in [0, 0.05) is 30.4 Å². The van der Waals surface area contributed by atoms with Crippen LogP contribution in [0.4, 0.5) is 5.95 Å². The zero-order valence-corrected chi connectivity index (χ0v) is 18.8. The first-order chi connectivity index (χ1) is 15.3. The molecule has 1 aliphatic rings. The number of thiazole rings is 1. The van der Waals surface area contributed by atoms with E-state index in [0.29, 0.717) is 13.2 Å². The van der Waals surface area contributed by atoms with E-state index in [1.807, 2.05) is 18.2 Å². The fraction of sp³-hybridized carbons (Fsp3) is 0.273. The largest absolute Gasteiger partial charge is 0.378 e. The van der Waals surface area contributed by atoms with Gasteiger partial charge in [-0.15, -0.1) is 21.5 Å². The van der Waals surface area contributed by atoms with Gasteiger partial charge in [0.2, 0.25) is 5.95 Å². The van der Waals surface area contributed by atoms with Crippen molar-refractivity contribution in [2.45, 2.75) is 17.8 Å². The number of thioether (sulfide) groups is 1. The fourth-order valence-corrected chi connectivity index (χ4v) is 5.20. The van der Waals surface area contributed by atoms with Gasteiger partial charge >= 0.3 is 0 Å². The molecule has 0 spiro atoms. The molecule has 158 valence electrons. The number of aryl methyl sites for hydroxylation is 1. The molecule has 1 saturated heterocycles. The zero-order valence-electron chi connectivity index (χ0n) is 17.1. The number of ether oxygens (including phenoxy) is 1. The lowest BCUT2D eigenvalue weighted by Crippen LogP contribution is -2.38. The number of pyridine rings is 1. The third-order valence-corrected chi connectivity index (χ3v) is 6.93. The summed E-state index contributed by atoms with van der Waals surface area (Å²) in [6.45, 7) is 5.16. The maximum atomic E-state index is 5.52. The molecule has 0 bridgehead atoms. The van der Waals surface area contributed by atoms with Gasteiger partial charge < -0.3 is 9.64 Å². The number of para-hydroxylation sites is 1. The monoisotopic (exact) mass is 450 g/mol. The average Bonchev–Trinajstić information content (AvgIpc) is 3.46. The van der Waals surface area contributed by atoms with Gasteiger partial charge in [0.05, 0.1) is 30.3 Å². The van der Waals surface area contributed by atoms with Crippen LogP contribution in [-0.4, -0.2) is 51.0 Å². The molecule has 0 saturated carbocycles. The molecular weight excluding hydrogens is 428 g/mol. The van der Waals surface area contributed by atoms with E-state index in [1.165, 1.54) is 5.56 Å². The predicted molar refractivity (Wildman–Crippen MR) is 124 cm³/mol. The topological polar surface area (TPSA) is 69.0 Å². The molecule has 0 radical (unpaired) electrons. The van der Waals surface area contributed by atoms with Crippen LogP contribution in [0.1, 0.15) is 11.3 Å². The van der Waals surface area contributed by atoms with Crippen LogP contribution in [0.25, 0.3) is 16.4 Å². The highest BCUT2D eigenvalue weighted by molar-refractivity contribution is 7.98. The highest BCUT2D eigenvalue weighted by Crippen LogP contribution is 2.31. The van der Waals surface area contributed by atoms with Gasteiger partial charge in [-0.05, 0) is 30.7 Å². The van der Waals surface area contributed by atoms with Crippen molar-refractivity contribution in [2.24, 2.45) is 0 Å². The molecule has 3 aromatic heterocycles. The summed E-state index contributed by atoms with van der Waals surface area (Å²) < 4.78 is 7.69. The van der Waals surface area contributed by atoms with Crippen LogP contribution in [-0.2, 0) is 10.5 Å². The van der Waals surface area contributed by atoms with Gasteiger partial charge in [-0.1, -0.05) is 36.0 Å². The van der Waals surface area contributed by atoms with Crippen molar-refractivity contribution in [3.05, 3.63) is 65.3 Å². The minimum Gasteiger partial charge on any atom is -0.378 e. The molecule has 7 nitrogen and oxygen atoms in total. The van der Waals surface area contributed by atoms with Gasteiger partial charge in [-0.3, -0.25) is 9.55 Å². The van der Waals surface area contributed by atoms with E-state index in [2.05, 4.69) is 61.2 Å². The molecule has 1 aromatic carbocycles. The summed E-state index contributed by atoms with van der Waals surface area (Å²) in [6, 6.07) is 14.2. The molecule has 0 amide bonds. The van der Waals surface area contributed by atoms with Crippen molar-refractivity contribution in [3.8, 4) is 16.4 Å². The van der Waals surface area contributed by atoms with Gasteiger partial charge in [0.15, 0.2) is 5.16 Å². The Morgan fingerprint density at radius 3 is 2.71 bits per heavy atom. The first kappa shape index (κ1) is 20.2. The van der Waals surface area contributed by atoms with E-state index in [0.717, 1.165) is 52.0 Å². The summed E-state index contributed by atoms with van der Waals surface area (Å²) in [5, 5.41) is 13.0. The molecule has 0 unspecified atom stereocenters. The van der Waals surface area contributed by atoms with Crippen LogP contribution in [0.2, 0.25) is 0 Å². The Kier molecular flexibility index (Phi) is 5.97. The summed E-state index contributed by atoms with van der Waals surface area (Å²) in [5.41, 5.74) is 4.21. The molecule has 9 heteroatoms. The van der Waals surface area contributed by atoms with Crippen LogP contribution in [0.15, 0.2) is 59.2 Å². The van der Waals surface area contributed by atoms with Gasteiger partial charge in [-0.2, -0.15) is 0 Å². The molecular formula is C22H22N6OS2. The molecule has 5 rings (SSSR count). The lowest BCUT2D eigenvalue weighted by atomic mass is 10.2. The Bertz CT molecular complexity index is 1150. The lowest BCUT2D eigenvalue weighted by Gasteiger charge is -2.28. The Balaban J connectivity index is 1.42. The number of rotatable bonds is 6. The number of hydrogen-bond acceptors (Lipinski definition) is 8. The molecule has 0 N–H and O–H groups in total. The second-order valence-corrected chi connectivity index (χ2v) is 8.95. The van der Waals surface area contributed by atoms with Crippen LogP contribution in [0.3, 0.4) is 0 Å². The van der Waals surface area contributed by atoms with E-state index in [1.54, 1.807) is 29.3 Å². The fourth-order valence-electron chi connectivity index (χ4n) is 3.47. The van der Waals surface area contributed by atoms with E-state index in [4.69, 9.17) is 9.72 Å². The van der Waals surface area contributed by atoms with Crippen molar-refractivity contribution in [2.75, 3.05) is 31.2 Å². The maximum absolute atomic E-state index is 5.52. The number of aromatic nitrogens is 5. The SMILES string of the molecule is Cc1ccccc1-n1c(SCc2csc(-c3ccccn3)n2)nnc1N1CCOCC1. The molecule has 1 aliphatic heterocycles. The minimum atomic E-state index is 0.707. The lowest BCUT2D eigenvalue weighted by molar-refractivity contribution is 0.122. The highest BCUT2D eigenvalue weighted by atomic mass is 32.2. The average molecular weight is 451 g/mol. The zero-order chi connectivity index (χ0) is 21.0.